The molecule has 0 aliphatic carbocycles. The van der Waals surface area contributed by atoms with Crippen molar-refractivity contribution in [1.29, 1.82) is 5.26 Å². The molecule has 27 heavy (non-hydrogen) atoms. The first kappa shape index (κ1) is 17.8. The second-order valence-electron chi connectivity index (χ2n) is 5.87. The minimum atomic E-state index is -0.391. The molecule has 132 valence electrons. The van der Waals surface area contributed by atoms with Crippen molar-refractivity contribution in [2.75, 3.05) is 10.6 Å². The van der Waals surface area contributed by atoms with Crippen LogP contribution in [0.5, 0.6) is 0 Å². The van der Waals surface area contributed by atoms with E-state index in [-0.39, 0.29) is 17.0 Å². The van der Waals surface area contributed by atoms with Crippen LogP contribution in [0.4, 0.5) is 11.4 Å². The van der Waals surface area contributed by atoms with Crippen LogP contribution in [0.25, 0.3) is 0 Å². The molecule has 0 radical (unpaired) electrons. The van der Waals surface area contributed by atoms with E-state index >= 15 is 0 Å². The number of nitrogens with one attached hydrogen (secondary N) is 2. The number of rotatable bonds is 4. The summed E-state index contributed by atoms with van der Waals surface area (Å²) in [4.78, 5) is 28.9. The van der Waals surface area contributed by atoms with Crippen LogP contribution in [-0.2, 0) is 0 Å². The molecule has 0 spiro atoms. The smallest absolute Gasteiger partial charge is 0.257 e. The van der Waals surface area contributed by atoms with Gasteiger partial charge in [0, 0.05) is 23.8 Å². The molecule has 1 aromatic heterocycles. The highest BCUT2D eigenvalue weighted by Crippen LogP contribution is 2.16. The molecule has 1 heterocycles. The summed E-state index contributed by atoms with van der Waals surface area (Å²) in [6.45, 7) is 1.90. The fourth-order valence-electron chi connectivity index (χ4n) is 2.43. The van der Waals surface area contributed by atoms with Crippen molar-refractivity contribution in [2.45, 2.75) is 6.92 Å². The van der Waals surface area contributed by atoms with Gasteiger partial charge in [0.05, 0.1) is 22.8 Å². The number of nitriles is 1. The summed E-state index contributed by atoms with van der Waals surface area (Å²) in [5.41, 5.74) is 3.24. The van der Waals surface area contributed by atoms with Crippen LogP contribution in [0.15, 0.2) is 67.0 Å². The van der Waals surface area contributed by atoms with Crippen LogP contribution < -0.4 is 10.6 Å². The minimum Gasteiger partial charge on any atom is -0.322 e. The number of aromatic nitrogens is 1. The summed E-state index contributed by atoms with van der Waals surface area (Å²) in [6, 6.07) is 17.4. The third-order valence-corrected chi connectivity index (χ3v) is 3.93. The lowest BCUT2D eigenvalue weighted by Gasteiger charge is -2.09. The van der Waals surface area contributed by atoms with Crippen molar-refractivity contribution in [3.63, 3.8) is 0 Å². The van der Waals surface area contributed by atoms with E-state index in [9.17, 15) is 9.59 Å². The number of anilines is 2. The molecule has 0 bridgehead atoms. The summed E-state index contributed by atoms with van der Waals surface area (Å²) >= 11 is 0. The zero-order valence-electron chi connectivity index (χ0n) is 14.6. The largest absolute Gasteiger partial charge is 0.322 e. The van der Waals surface area contributed by atoms with Gasteiger partial charge < -0.3 is 10.6 Å². The van der Waals surface area contributed by atoms with Gasteiger partial charge in [0.15, 0.2) is 0 Å². The van der Waals surface area contributed by atoms with E-state index < -0.39 is 5.91 Å². The van der Waals surface area contributed by atoms with E-state index in [1.54, 1.807) is 24.3 Å². The van der Waals surface area contributed by atoms with Gasteiger partial charge in [-0.3, -0.25) is 14.6 Å². The minimum absolute atomic E-state index is 0.261. The van der Waals surface area contributed by atoms with Gasteiger partial charge in [-0.2, -0.15) is 5.26 Å². The Labute approximate surface area is 156 Å². The van der Waals surface area contributed by atoms with Crippen LogP contribution in [0.2, 0.25) is 0 Å². The number of benzene rings is 2. The van der Waals surface area contributed by atoms with Gasteiger partial charge in [0.1, 0.15) is 0 Å². The number of amides is 2. The molecule has 0 fully saturated rings. The molecule has 0 saturated heterocycles. The van der Waals surface area contributed by atoms with Crippen molar-refractivity contribution < 1.29 is 9.59 Å². The monoisotopic (exact) mass is 356 g/mol. The maximum atomic E-state index is 12.5. The number of hydrogen-bond acceptors (Lipinski definition) is 4. The molecule has 3 aromatic rings. The average Bonchev–Trinajstić information content (AvgIpc) is 2.70. The predicted octanol–water partition coefficient (Wildman–Crippen LogP) is 3.77. The maximum absolute atomic E-state index is 12.5. The highest BCUT2D eigenvalue weighted by Gasteiger charge is 2.12. The lowest BCUT2D eigenvalue weighted by Crippen LogP contribution is -2.16. The highest BCUT2D eigenvalue weighted by atomic mass is 16.2. The number of carbonyl (C=O) groups excluding carboxylic acids is 2. The third kappa shape index (κ3) is 4.35. The summed E-state index contributed by atoms with van der Waals surface area (Å²) in [5, 5.41) is 14.3. The summed E-state index contributed by atoms with van der Waals surface area (Å²) in [5.74, 6) is -0.734. The van der Waals surface area contributed by atoms with E-state index in [0.29, 0.717) is 16.9 Å². The fraction of sp³-hybridized carbons (Fsp3) is 0.0476. The normalized spacial score (nSPS) is 9.93. The first-order chi connectivity index (χ1) is 13.1. The Hall–Kier alpha value is -3.98. The Morgan fingerprint density at radius 3 is 2.19 bits per heavy atom. The van der Waals surface area contributed by atoms with Crippen molar-refractivity contribution in [2.24, 2.45) is 0 Å². The fourth-order valence-corrected chi connectivity index (χ4v) is 2.43. The van der Waals surface area contributed by atoms with Crippen LogP contribution in [0, 0.1) is 18.3 Å². The number of carbonyl (C=O) groups is 2. The molecule has 2 aromatic carbocycles. The number of aryl methyl sites for hydroxylation is 1. The zero-order chi connectivity index (χ0) is 19.2. The van der Waals surface area contributed by atoms with Crippen molar-refractivity contribution in [1.82, 2.24) is 4.98 Å². The zero-order valence-corrected chi connectivity index (χ0v) is 14.6. The quantitative estimate of drug-likeness (QED) is 0.744. The maximum Gasteiger partial charge on any atom is 0.257 e. The van der Waals surface area contributed by atoms with Crippen LogP contribution in [-0.4, -0.2) is 16.8 Å². The van der Waals surface area contributed by atoms with Gasteiger partial charge in [0.25, 0.3) is 11.8 Å². The van der Waals surface area contributed by atoms with E-state index in [0.717, 1.165) is 5.56 Å². The van der Waals surface area contributed by atoms with E-state index in [1.807, 2.05) is 37.3 Å². The Morgan fingerprint density at radius 1 is 0.926 bits per heavy atom. The van der Waals surface area contributed by atoms with Crippen molar-refractivity contribution in [3.8, 4) is 6.07 Å². The molecule has 2 N–H and O–H groups in total. The Balaban J connectivity index is 1.74. The average molecular weight is 356 g/mol. The Kier molecular flexibility index (Phi) is 5.24. The standard InChI is InChI=1S/C21H16N4O2/c1-14-4-2-3-5-19(14)25-21(27)17-10-16(12-23-13-17)20(26)24-18-8-6-15(11-22)7-9-18/h2-10,12-13H,1H3,(H,24,26)(H,25,27). The van der Waals surface area contributed by atoms with Crippen LogP contribution in [0.1, 0.15) is 31.8 Å². The molecule has 6 heteroatoms. The first-order valence-corrected chi connectivity index (χ1v) is 8.20. The Morgan fingerprint density at radius 2 is 1.56 bits per heavy atom. The SMILES string of the molecule is Cc1ccccc1NC(=O)c1cncc(C(=O)Nc2ccc(C#N)cc2)c1. The Bertz CT molecular complexity index is 1040. The van der Waals surface area contributed by atoms with Crippen molar-refractivity contribution >= 4 is 23.2 Å². The molecule has 0 aliphatic heterocycles. The van der Waals surface area contributed by atoms with Gasteiger partial charge >= 0.3 is 0 Å². The predicted molar refractivity (Wildman–Crippen MR) is 102 cm³/mol. The highest BCUT2D eigenvalue weighted by molar-refractivity contribution is 6.08. The first-order valence-electron chi connectivity index (χ1n) is 8.20. The number of para-hydroxylation sites is 1. The molecule has 6 nitrogen and oxygen atoms in total. The number of hydrogen-bond donors (Lipinski definition) is 2. The molecule has 2 amide bonds. The van der Waals surface area contributed by atoms with Gasteiger partial charge in [-0.15, -0.1) is 0 Å². The van der Waals surface area contributed by atoms with E-state index in [1.165, 1.54) is 18.5 Å². The summed E-state index contributed by atoms with van der Waals surface area (Å²) in [6.07, 6.45) is 2.80. The molecule has 3 rings (SSSR count). The van der Waals surface area contributed by atoms with Gasteiger partial charge in [-0.25, -0.2) is 0 Å². The topological polar surface area (TPSA) is 94.9 Å². The number of nitrogens with zero attached hydrogens (tertiary/aromatic N) is 2. The van der Waals surface area contributed by atoms with Crippen molar-refractivity contribution in [3.05, 3.63) is 89.2 Å². The number of pyridine rings is 1. The molecule has 0 unspecified atom stereocenters. The summed E-state index contributed by atoms with van der Waals surface area (Å²) in [7, 11) is 0. The third-order valence-electron chi connectivity index (χ3n) is 3.93. The van der Waals surface area contributed by atoms with Crippen LogP contribution >= 0.6 is 0 Å². The summed E-state index contributed by atoms with van der Waals surface area (Å²) < 4.78 is 0. The van der Waals surface area contributed by atoms with Gasteiger partial charge in [-0.1, -0.05) is 18.2 Å². The molecule has 0 atom stereocenters. The molecular weight excluding hydrogens is 340 g/mol. The lowest BCUT2D eigenvalue weighted by atomic mass is 10.1. The van der Waals surface area contributed by atoms with E-state index in [2.05, 4.69) is 15.6 Å². The molecular formula is C21H16N4O2. The van der Waals surface area contributed by atoms with Gasteiger partial charge in [0.2, 0.25) is 0 Å². The molecule has 0 saturated carbocycles. The second kappa shape index (κ2) is 7.93. The second-order valence-corrected chi connectivity index (χ2v) is 5.87. The van der Waals surface area contributed by atoms with Crippen LogP contribution in [0.3, 0.4) is 0 Å². The lowest BCUT2D eigenvalue weighted by molar-refractivity contribution is 0.102. The van der Waals surface area contributed by atoms with E-state index in [4.69, 9.17) is 5.26 Å². The molecule has 0 aliphatic rings. The van der Waals surface area contributed by atoms with Gasteiger partial charge in [-0.05, 0) is 48.9 Å².